The second kappa shape index (κ2) is 9.09. The van der Waals surface area contributed by atoms with Crippen LogP contribution in [0.2, 0.25) is 0 Å². The van der Waals surface area contributed by atoms with Crippen LogP contribution >= 0.6 is 11.3 Å². The van der Waals surface area contributed by atoms with Crippen molar-refractivity contribution in [2.45, 2.75) is 43.4 Å². The van der Waals surface area contributed by atoms with Crippen LogP contribution in [0.15, 0.2) is 41.8 Å². The molecule has 3 fully saturated rings. The number of nitrogens with zero attached hydrogens (tertiary/aromatic N) is 2. The molecule has 4 amide bonds. The van der Waals surface area contributed by atoms with Gasteiger partial charge in [0.05, 0.1) is 19.6 Å². The molecule has 0 saturated carbocycles. The fraction of sp³-hybridized carbons (Fsp3) is 0.417. The number of nitrogens with one attached hydrogen (secondary N) is 2. The third-order valence-electron chi connectivity index (χ3n) is 6.74. The Balaban J connectivity index is 1.30. The molecule has 1 aromatic carbocycles. The Morgan fingerprint density at radius 3 is 2.71 bits per heavy atom. The Bertz CT molecular complexity index is 1100. The normalized spacial score (nSPS) is 25.9. The SMILES string of the molecule is COc1ccc(C(=O)N2CC[C@H]3NC(=O)[C@H]4C[C@H](NC(=O)Cc5cccs5)CN4C(=O)[C@H]32)cc1. The minimum Gasteiger partial charge on any atom is -0.497 e. The highest BCUT2D eigenvalue weighted by Crippen LogP contribution is 2.30. The van der Waals surface area contributed by atoms with Crippen LogP contribution in [0.25, 0.3) is 0 Å². The van der Waals surface area contributed by atoms with Crippen molar-refractivity contribution in [2.24, 2.45) is 0 Å². The average Bonchev–Trinajstić information content (AvgIpc) is 3.57. The Labute approximate surface area is 201 Å². The van der Waals surface area contributed by atoms with Gasteiger partial charge in [-0.25, -0.2) is 0 Å². The number of likely N-dealkylation sites (tertiary alicyclic amines) is 1. The van der Waals surface area contributed by atoms with Gasteiger partial charge in [-0.1, -0.05) is 6.07 Å². The van der Waals surface area contributed by atoms with Crippen molar-refractivity contribution in [2.75, 3.05) is 20.2 Å². The first kappa shape index (κ1) is 22.4. The third kappa shape index (κ3) is 4.13. The summed E-state index contributed by atoms with van der Waals surface area (Å²) in [5.74, 6) is -0.220. The van der Waals surface area contributed by atoms with E-state index in [1.54, 1.807) is 36.3 Å². The number of thiophene rings is 1. The van der Waals surface area contributed by atoms with Crippen LogP contribution in [0.5, 0.6) is 5.75 Å². The van der Waals surface area contributed by atoms with Gasteiger partial charge in [0.15, 0.2) is 0 Å². The summed E-state index contributed by atoms with van der Waals surface area (Å²) in [7, 11) is 1.55. The van der Waals surface area contributed by atoms with Crippen molar-refractivity contribution in [3.63, 3.8) is 0 Å². The molecule has 4 atom stereocenters. The molecule has 10 heteroatoms. The summed E-state index contributed by atoms with van der Waals surface area (Å²) < 4.78 is 5.16. The van der Waals surface area contributed by atoms with Crippen molar-refractivity contribution in [3.05, 3.63) is 52.2 Å². The number of carbonyl (C=O) groups is 4. The maximum Gasteiger partial charge on any atom is 0.254 e. The van der Waals surface area contributed by atoms with Crippen molar-refractivity contribution in [1.29, 1.82) is 0 Å². The number of rotatable bonds is 5. The molecule has 34 heavy (non-hydrogen) atoms. The number of hydrogen-bond donors (Lipinski definition) is 2. The van der Waals surface area contributed by atoms with Crippen molar-refractivity contribution >= 4 is 35.0 Å². The van der Waals surface area contributed by atoms with Gasteiger partial charge in [-0.15, -0.1) is 11.3 Å². The second-order valence-corrected chi connectivity index (χ2v) is 9.87. The van der Waals surface area contributed by atoms with E-state index in [-0.39, 0.29) is 42.6 Å². The molecule has 3 saturated heterocycles. The lowest BCUT2D eigenvalue weighted by molar-refractivity contribution is -0.138. The van der Waals surface area contributed by atoms with Crippen LogP contribution in [0.3, 0.4) is 0 Å². The van der Waals surface area contributed by atoms with E-state index in [4.69, 9.17) is 4.74 Å². The van der Waals surface area contributed by atoms with Gasteiger partial charge in [-0.3, -0.25) is 19.2 Å². The number of hydrogen-bond acceptors (Lipinski definition) is 6. The number of methoxy groups -OCH3 is 1. The summed E-state index contributed by atoms with van der Waals surface area (Å²) in [5.41, 5.74) is 0.460. The van der Waals surface area contributed by atoms with Gasteiger partial charge in [0.25, 0.3) is 5.91 Å². The van der Waals surface area contributed by atoms with E-state index < -0.39 is 18.1 Å². The monoisotopic (exact) mass is 482 g/mol. The molecule has 3 aliphatic heterocycles. The van der Waals surface area contributed by atoms with Crippen molar-refractivity contribution in [1.82, 2.24) is 20.4 Å². The lowest BCUT2D eigenvalue weighted by Gasteiger charge is -2.29. The highest BCUT2D eigenvalue weighted by Gasteiger charge is 2.52. The number of fused-ring (bicyclic) bond motifs is 2. The number of ether oxygens (including phenoxy) is 1. The molecule has 4 heterocycles. The summed E-state index contributed by atoms with van der Waals surface area (Å²) >= 11 is 1.51. The van der Waals surface area contributed by atoms with Crippen LogP contribution in [0.4, 0.5) is 0 Å². The highest BCUT2D eigenvalue weighted by atomic mass is 32.1. The first-order valence-corrected chi connectivity index (χ1v) is 12.2. The molecule has 2 N–H and O–H groups in total. The summed E-state index contributed by atoms with van der Waals surface area (Å²) in [6, 6.07) is 8.42. The maximum atomic E-state index is 13.6. The summed E-state index contributed by atoms with van der Waals surface area (Å²) in [5, 5.41) is 7.87. The van der Waals surface area contributed by atoms with E-state index in [1.807, 2.05) is 17.5 Å². The van der Waals surface area contributed by atoms with Gasteiger partial charge in [0.2, 0.25) is 17.7 Å². The van der Waals surface area contributed by atoms with E-state index in [2.05, 4.69) is 10.6 Å². The highest BCUT2D eigenvalue weighted by molar-refractivity contribution is 7.10. The maximum absolute atomic E-state index is 13.6. The third-order valence-corrected chi connectivity index (χ3v) is 7.62. The molecule has 178 valence electrons. The first-order chi connectivity index (χ1) is 16.4. The van der Waals surface area contributed by atoms with Crippen LogP contribution in [-0.4, -0.2) is 77.8 Å². The smallest absolute Gasteiger partial charge is 0.254 e. The number of carbonyl (C=O) groups excluding carboxylic acids is 4. The van der Waals surface area contributed by atoms with Crippen molar-refractivity contribution < 1.29 is 23.9 Å². The molecule has 3 aliphatic rings. The zero-order valence-corrected chi connectivity index (χ0v) is 19.5. The van der Waals surface area contributed by atoms with E-state index in [9.17, 15) is 19.2 Å². The van der Waals surface area contributed by atoms with Crippen LogP contribution in [0, 0.1) is 0 Å². The first-order valence-electron chi connectivity index (χ1n) is 11.3. The summed E-state index contributed by atoms with van der Waals surface area (Å²) in [6.07, 6.45) is 1.15. The zero-order valence-electron chi connectivity index (χ0n) is 18.7. The standard InChI is InChI=1S/C24H26N4O5S/c1-33-16-6-4-14(5-7-16)23(31)27-9-8-18-21(27)24(32)28-13-15(11-19(28)22(30)26-18)25-20(29)12-17-3-2-10-34-17/h2-7,10,15,18-19,21H,8-9,11-13H2,1H3,(H,25,29)(H,26,30)/t15-,18+,19+,21-/m0/s1. The van der Waals surface area contributed by atoms with Gasteiger partial charge < -0.3 is 25.2 Å². The molecular weight excluding hydrogens is 456 g/mol. The predicted molar refractivity (Wildman–Crippen MR) is 124 cm³/mol. The van der Waals surface area contributed by atoms with Gasteiger partial charge in [0, 0.05) is 29.6 Å². The van der Waals surface area contributed by atoms with Crippen LogP contribution < -0.4 is 15.4 Å². The van der Waals surface area contributed by atoms with Crippen LogP contribution in [0.1, 0.15) is 28.1 Å². The molecule has 5 rings (SSSR count). The Morgan fingerprint density at radius 2 is 2.00 bits per heavy atom. The van der Waals surface area contributed by atoms with Gasteiger partial charge >= 0.3 is 0 Å². The lowest BCUT2D eigenvalue weighted by Crippen LogP contribution is -2.52. The van der Waals surface area contributed by atoms with E-state index in [0.29, 0.717) is 30.7 Å². The molecule has 9 nitrogen and oxygen atoms in total. The minimum absolute atomic E-state index is 0.131. The Hall–Kier alpha value is -3.40. The Kier molecular flexibility index (Phi) is 5.99. The van der Waals surface area contributed by atoms with Gasteiger partial charge in [-0.05, 0) is 48.6 Å². The second-order valence-electron chi connectivity index (χ2n) is 8.84. The average molecular weight is 483 g/mol. The molecule has 0 radical (unpaired) electrons. The van der Waals surface area contributed by atoms with Crippen LogP contribution in [-0.2, 0) is 20.8 Å². The van der Waals surface area contributed by atoms with E-state index >= 15 is 0 Å². The molecule has 0 aliphatic carbocycles. The summed E-state index contributed by atoms with van der Waals surface area (Å²) in [6.45, 7) is 0.632. The fourth-order valence-corrected chi connectivity index (χ4v) is 5.81. The Morgan fingerprint density at radius 1 is 1.21 bits per heavy atom. The molecule has 0 spiro atoms. The van der Waals surface area contributed by atoms with Gasteiger partial charge in [0.1, 0.15) is 17.8 Å². The summed E-state index contributed by atoms with van der Waals surface area (Å²) in [4.78, 5) is 56.3. The van der Waals surface area contributed by atoms with E-state index in [1.165, 1.54) is 16.2 Å². The topological polar surface area (TPSA) is 108 Å². The molecule has 1 aromatic heterocycles. The molecule has 0 bridgehead atoms. The zero-order chi connectivity index (χ0) is 23.8. The largest absolute Gasteiger partial charge is 0.497 e. The van der Waals surface area contributed by atoms with E-state index in [0.717, 1.165) is 4.88 Å². The minimum atomic E-state index is -0.760. The quantitative estimate of drug-likeness (QED) is 0.656. The number of amides is 4. The van der Waals surface area contributed by atoms with Crippen molar-refractivity contribution in [3.8, 4) is 5.75 Å². The predicted octanol–water partition coefficient (Wildman–Crippen LogP) is 0.798. The molecule has 0 unspecified atom stereocenters. The lowest BCUT2D eigenvalue weighted by atomic mass is 10.1. The fourth-order valence-electron chi connectivity index (χ4n) is 5.11. The molecular formula is C24H26N4O5S. The molecule has 2 aromatic rings. The number of benzene rings is 1. The van der Waals surface area contributed by atoms with Gasteiger partial charge in [-0.2, -0.15) is 0 Å².